The van der Waals surface area contributed by atoms with Crippen molar-refractivity contribution in [1.82, 2.24) is 0 Å². The van der Waals surface area contributed by atoms with E-state index in [2.05, 4.69) is 0 Å². The molecule has 1 saturated heterocycles. The van der Waals surface area contributed by atoms with E-state index in [0.717, 1.165) is 5.56 Å². The van der Waals surface area contributed by atoms with Crippen molar-refractivity contribution in [2.45, 2.75) is 48.2 Å². The van der Waals surface area contributed by atoms with Crippen LogP contribution in [0.3, 0.4) is 0 Å². The maximum Gasteiger partial charge on any atom is 0.183 e. The van der Waals surface area contributed by atoms with E-state index >= 15 is 0 Å². The molecule has 1 spiro atoms. The number of aryl methyl sites for hydroxylation is 1. The van der Waals surface area contributed by atoms with E-state index in [0.29, 0.717) is 26.1 Å². The molecule has 1 N–H and O–H groups in total. The molecule has 1 aliphatic carbocycles. The van der Waals surface area contributed by atoms with Gasteiger partial charge in [0.05, 0.1) is 29.5 Å². The molecule has 2 unspecified atom stereocenters. The van der Waals surface area contributed by atoms with Crippen molar-refractivity contribution >= 4 is 9.84 Å². The summed E-state index contributed by atoms with van der Waals surface area (Å²) in [7, 11) is -3.61. The Morgan fingerprint density at radius 2 is 2.00 bits per heavy atom. The Morgan fingerprint density at radius 1 is 1.29 bits per heavy atom. The Morgan fingerprint density at radius 3 is 2.67 bits per heavy atom. The predicted molar refractivity (Wildman–Crippen MR) is 76.6 cm³/mol. The van der Waals surface area contributed by atoms with Crippen LogP contribution in [0.25, 0.3) is 0 Å². The average Bonchev–Trinajstić information content (AvgIpc) is 2.90. The van der Waals surface area contributed by atoms with Crippen molar-refractivity contribution in [3.05, 3.63) is 29.8 Å². The number of hydrogen-bond acceptors (Lipinski definition) is 5. The van der Waals surface area contributed by atoms with Gasteiger partial charge in [-0.3, -0.25) is 0 Å². The van der Waals surface area contributed by atoms with E-state index in [-0.39, 0.29) is 11.3 Å². The third-order valence-corrected chi connectivity index (χ3v) is 6.48. The van der Waals surface area contributed by atoms with Gasteiger partial charge in [-0.15, -0.1) is 0 Å². The summed E-state index contributed by atoms with van der Waals surface area (Å²) in [6.07, 6.45) is 0.211. The first-order chi connectivity index (χ1) is 9.93. The van der Waals surface area contributed by atoms with E-state index in [4.69, 9.17) is 9.47 Å². The van der Waals surface area contributed by atoms with Crippen LogP contribution in [0.5, 0.6) is 0 Å². The number of hydrogen-bond donors (Lipinski definition) is 1. The molecular weight excluding hydrogens is 292 g/mol. The third-order valence-electron chi connectivity index (χ3n) is 4.29. The van der Waals surface area contributed by atoms with Crippen molar-refractivity contribution in [3.63, 3.8) is 0 Å². The van der Waals surface area contributed by atoms with Crippen LogP contribution in [0.15, 0.2) is 29.2 Å². The van der Waals surface area contributed by atoms with E-state index in [9.17, 15) is 13.5 Å². The molecule has 2 atom stereocenters. The second-order valence-corrected chi connectivity index (χ2v) is 7.98. The monoisotopic (exact) mass is 312 g/mol. The van der Waals surface area contributed by atoms with Crippen LogP contribution >= 0.6 is 0 Å². The van der Waals surface area contributed by atoms with Crippen LogP contribution in [0.2, 0.25) is 0 Å². The van der Waals surface area contributed by atoms with Gasteiger partial charge < -0.3 is 14.6 Å². The highest BCUT2D eigenvalue weighted by atomic mass is 32.2. The topological polar surface area (TPSA) is 72.8 Å². The lowest BCUT2D eigenvalue weighted by Crippen LogP contribution is -2.48. The Kier molecular flexibility index (Phi) is 3.81. The fourth-order valence-electron chi connectivity index (χ4n) is 3.14. The van der Waals surface area contributed by atoms with Crippen molar-refractivity contribution < 1.29 is 23.0 Å². The largest absolute Gasteiger partial charge is 0.392 e. The second-order valence-electron chi connectivity index (χ2n) is 5.82. The minimum Gasteiger partial charge on any atom is -0.392 e. The fourth-order valence-corrected chi connectivity index (χ4v) is 5.13. The lowest BCUT2D eigenvalue weighted by atomic mass is 9.91. The van der Waals surface area contributed by atoms with Crippen LogP contribution < -0.4 is 0 Å². The molecule has 21 heavy (non-hydrogen) atoms. The molecule has 0 amide bonds. The summed E-state index contributed by atoms with van der Waals surface area (Å²) >= 11 is 0. The van der Waals surface area contributed by atoms with Gasteiger partial charge in [0.2, 0.25) is 0 Å². The summed E-state index contributed by atoms with van der Waals surface area (Å²) in [6.45, 7) is 2.81. The molecule has 5 nitrogen and oxygen atoms in total. The first-order valence-electron chi connectivity index (χ1n) is 7.20. The minimum atomic E-state index is -3.61. The van der Waals surface area contributed by atoms with Crippen LogP contribution in [0, 0.1) is 6.92 Å². The maximum absolute atomic E-state index is 12.8. The Hall–Kier alpha value is -0.950. The molecule has 1 heterocycles. The zero-order chi connectivity index (χ0) is 15.1. The smallest absolute Gasteiger partial charge is 0.183 e. The lowest BCUT2D eigenvalue weighted by molar-refractivity contribution is -0.186. The highest BCUT2D eigenvalue weighted by Gasteiger charge is 2.49. The summed E-state index contributed by atoms with van der Waals surface area (Å²) in [6, 6.07) is 6.78. The number of benzene rings is 1. The molecule has 1 aromatic rings. The lowest BCUT2D eigenvalue weighted by Gasteiger charge is -2.38. The highest BCUT2D eigenvalue weighted by molar-refractivity contribution is 7.92. The SMILES string of the molecule is Cc1cccc(S(=O)(=O)C2CC3(CCC2O)OCCO3)c1. The molecule has 3 rings (SSSR count). The summed E-state index contributed by atoms with van der Waals surface area (Å²) < 4.78 is 36.9. The quantitative estimate of drug-likeness (QED) is 0.894. The zero-order valence-corrected chi connectivity index (χ0v) is 12.8. The van der Waals surface area contributed by atoms with Gasteiger partial charge in [-0.25, -0.2) is 8.42 Å². The van der Waals surface area contributed by atoms with Crippen LogP contribution in [-0.4, -0.2) is 43.9 Å². The molecule has 2 fully saturated rings. The Balaban J connectivity index is 1.93. The van der Waals surface area contributed by atoms with Crippen molar-refractivity contribution in [1.29, 1.82) is 0 Å². The standard InChI is InChI=1S/C15H20O5S/c1-11-3-2-4-12(9-11)21(17,18)14-10-15(6-5-13(14)16)19-7-8-20-15/h2-4,9,13-14,16H,5-8,10H2,1H3. The van der Waals surface area contributed by atoms with Gasteiger partial charge in [-0.1, -0.05) is 12.1 Å². The van der Waals surface area contributed by atoms with Crippen LogP contribution in [0.1, 0.15) is 24.8 Å². The molecule has 1 saturated carbocycles. The Labute approximate surface area is 124 Å². The molecule has 6 heteroatoms. The second kappa shape index (κ2) is 5.35. The summed E-state index contributed by atoms with van der Waals surface area (Å²) in [4.78, 5) is 0.251. The van der Waals surface area contributed by atoms with Crippen molar-refractivity contribution in [2.75, 3.05) is 13.2 Å². The third kappa shape index (κ3) is 2.73. The molecule has 0 aromatic heterocycles. The fraction of sp³-hybridized carbons (Fsp3) is 0.600. The first kappa shape index (κ1) is 15.0. The summed E-state index contributed by atoms with van der Waals surface area (Å²) in [5, 5.41) is 9.31. The molecule has 116 valence electrons. The van der Waals surface area contributed by atoms with E-state index in [1.165, 1.54) is 0 Å². The highest BCUT2D eigenvalue weighted by Crippen LogP contribution is 2.40. The van der Waals surface area contributed by atoms with E-state index in [1.54, 1.807) is 18.2 Å². The summed E-state index contributed by atoms with van der Waals surface area (Å²) in [5.74, 6) is -0.833. The number of ether oxygens (including phenoxy) is 2. The van der Waals surface area contributed by atoms with Crippen LogP contribution in [-0.2, 0) is 19.3 Å². The number of rotatable bonds is 2. The van der Waals surface area contributed by atoms with Gasteiger partial charge in [-0.05, 0) is 31.0 Å². The molecular formula is C15H20O5S. The van der Waals surface area contributed by atoms with Gasteiger partial charge in [0.1, 0.15) is 0 Å². The van der Waals surface area contributed by atoms with Gasteiger partial charge in [0.25, 0.3) is 0 Å². The number of aliphatic hydroxyl groups is 1. The normalized spacial score (nSPS) is 28.9. The van der Waals surface area contributed by atoms with Gasteiger partial charge in [-0.2, -0.15) is 0 Å². The summed E-state index contributed by atoms with van der Waals surface area (Å²) in [5.41, 5.74) is 0.879. The molecule has 0 bridgehead atoms. The zero-order valence-electron chi connectivity index (χ0n) is 12.0. The van der Waals surface area contributed by atoms with Gasteiger partial charge >= 0.3 is 0 Å². The molecule has 1 aliphatic heterocycles. The van der Waals surface area contributed by atoms with E-state index in [1.807, 2.05) is 13.0 Å². The number of aliphatic hydroxyl groups excluding tert-OH is 1. The van der Waals surface area contributed by atoms with Crippen LogP contribution in [0.4, 0.5) is 0 Å². The van der Waals surface area contributed by atoms with Crippen molar-refractivity contribution in [2.24, 2.45) is 0 Å². The maximum atomic E-state index is 12.8. The van der Waals surface area contributed by atoms with Gasteiger partial charge in [0, 0.05) is 12.8 Å². The predicted octanol–water partition coefficient (Wildman–Crippen LogP) is 1.43. The van der Waals surface area contributed by atoms with E-state index < -0.39 is 27.0 Å². The Bertz CT molecular complexity index is 619. The number of sulfone groups is 1. The first-order valence-corrected chi connectivity index (χ1v) is 8.74. The molecule has 2 aliphatic rings. The van der Waals surface area contributed by atoms with Gasteiger partial charge in [0.15, 0.2) is 15.6 Å². The van der Waals surface area contributed by atoms with Crippen molar-refractivity contribution in [3.8, 4) is 0 Å². The average molecular weight is 312 g/mol. The minimum absolute atomic E-state index is 0.185. The molecule has 1 aromatic carbocycles. The molecule has 0 radical (unpaired) electrons.